The van der Waals surface area contributed by atoms with Crippen molar-refractivity contribution in [3.63, 3.8) is 0 Å². The molecule has 2 aliphatic rings. The highest BCUT2D eigenvalue weighted by Gasteiger charge is 2.63. The molecule has 10 heteroatoms. The topological polar surface area (TPSA) is 111 Å². The fourth-order valence-electron chi connectivity index (χ4n) is 6.23. The van der Waals surface area contributed by atoms with Gasteiger partial charge in [-0.2, -0.15) is 4.80 Å². The number of hydrogen-bond acceptors (Lipinski definition) is 8. The van der Waals surface area contributed by atoms with Gasteiger partial charge in [0.25, 0.3) is 0 Å². The molecule has 2 saturated heterocycles. The summed E-state index contributed by atoms with van der Waals surface area (Å²) in [4.78, 5) is 1.79. The zero-order chi connectivity index (χ0) is 26.9. The predicted octanol–water partition coefficient (Wildman–Crippen LogP) is 3.51. The summed E-state index contributed by atoms with van der Waals surface area (Å²) in [5, 5.41) is 21.1. The van der Waals surface area contributed by atoms with E-state index in [0.717, 1.165) is 31.2 Å². The molecule has 1 aromatic heterocycles. The molecule has 2 aliphatic heterocycles. The Kier molecular flexibility index (Phi) is 7.09. The highest BCUT2D eigenvalue weighted by molar-refractivity contribution is 7.92. The third kappa shape index (κ3) is 5.04. The lowest BCUT2D eigenvalue weighted by molar-refractivity contribution is 0.279. The fourth-order valence-corrected chi connectivity index (χ4v) is 8.57. The molecule has 39 heavy (non-hydrogen) atoms. The van der Waals surface area contributed by atoms with Gasteiger partial charge in [-0.3, -0.25) is 0 Å². The van der Waals surface area contributed by atoms with Crippen LogP contribution in [0.1, 0.15) is 38.2 Å². The van der Waals surface area contributed by atoms with Gasteiger partial charge in [0, 0.05) is 18.6 Å². The Labute approximate surface area is 228 Å². The number of nitrogens with one attached hydrogen (secondary N) is 2. The fraction of sp³-hybridized carbons (Fsp3) is 0.414. The number of hydrogen-bond donors (Lipinski definition) is 2. The van der Waals surface area contributed by atoms with Crippen molar-refractivity contribution in [3.8, 4) is 5.75 Å². The molecule has 0 saturated carbocycles. The zero-order valence-corrected chi connectivity index (χ0v) is 22.8. The largest absolute Gasteiger partial charge is 0.494 e. The van der Waals surface area contributed by atoms with Crippen molar-refractivity contribution >= 4 is 20.6 Å². The van der Waals surface area contributed by atoms with Gasteiger partial charge in [-0.15, -0.1) is 10.2 Å². The summed E-state index contributed by atoms with van der Waals surface area (Å²) in [6, 6.07) is 21.2. The number of fused-ring (bicyclic) bond motifs is 3. The molecule has 0 radical (unpaired) electrons. The first-order valence-corrected chi connectivity index (χ1v) is 15.2. The molecule has 6 rings (SSSR count). The second-order valence-corrected chi connectivity index (χ2v) is 12.7. The summed E-state index contributed by atoms with van der Waals surface area (Å²) in [5.74, 6) is 0.681. The number of aromatic nitrogens is 4. The zero-order valence-electron chi connectivity index (χ0n) is 22.0. The van der Waals surface area contributed by atoms with Gasteiger partial charge in [0.2, 0.25) is 0 Å². The van der Waals surface area contributed by atoms with Crippen molar-refractivity contribution in [2.24, 2.45) is 0 Å². The monoisotopic (exact) mass is 546 g/mol. The lowest BCUT2D eigenvalue weighted by Gasteiger charge is -2.37. The van der Waals surface area contributed by atoms with Crippen LogP contribution in [0.15, 0.2) is 78.0 Å². The molecule has 2 N–H and O–H groups in total. The second-order valence-electron chi connectivity index (χ2n) is 10.6. The van der Waals surface area contributed by atoms with E-state index in [0.29, 0.717) is 30.3 Å². The standard InChI is InChI=1S/C29H34N6O3S/c1-2-3-16-38-24-10-12-25(13-11-24)39(36,37)28-27(26-14-15-29(28,33-26)19-35-32-20-31-34-35)30-18-21-8-9-22-6-4-5-7-23(22)17-21/h4-13,17,20,26-28,30,33H,2-3,14-16,18-19H2,1H3. The van der Waals surface area contributed by atoms with E-state index in [2.05, 4.69) is 63.3 Å². The van der Waals surface area contributed by atoms with E-state index >= 15 is 0 Å². The normalized spacial score (nSPS) is 24.4. The van der Waals surface area contributed by atoms with Crippen LogP contribution in [0.25, 0.3) is 10.8 Å². The number of unbranched alkanes of at least 4 members (excludes halogenated alkanes) is 1. The van der Waals surface area contributed by atoms with Crippen LogP contribution in [-0.4, -0.2) is 58.1 Å². The Balaban J connectivity index is 1.29. The van der Waals surface area contributed by atoms with Gasteiger partial charge >= 0.3 is 0 Å². The minimum absolute atomic E-state index is 0.0189. The van der Waals surface area contributed by atoms with Gasteiger partial charge in [0.15, 0.2) is 16.2 Å². The van der Waals surface area contributed by atoms with E-state index in [-0.39, 0.29) is 12.1 Å². The number of nitrogens with zero attached hydrogens (tertiary/aromatic N) is 4. The summed E-state index contributed by atoms with van der Waals surface area (Å²) >= 11 is 0. The molecule has 9 nitrogen and oxygen atoms in total. The molecule has 204 valence electrons. The van der Waals surface area contributed by atoms with Crippen molar-refractivity contribution in [2.45, 2.75) is 73.5 Å². The van der Waals surface area contributed by atoms with Gasteiger partial charge in [0.05, 0.1) is 23.6 Å². The molecule has 3 aromatic carbocycles. The smallest absolute Gasteiger partial charge is 0.184 e. The van der Waals surface area contributed by atoms with Crippen LogP contribution >= 0.6 is 0 Å². The van der Waals surface area contributed by atoms with Crippen molar-refractivity contribution in [2.75, 3.05) is 6.61 Å². The quantitative estimate of drug-likeness (QED) is 0.275. The lowest BCUT2D eigenvalue weighted by atomic mass is 9.84. The summed E-state index contributed by atoms with van der Waals surface area (Å²) in [6.45, 7) is 3.63. The van der Waals surface area contributed by atoms with E-state index in [4.69, 9.17) is 4.74 Å². The van der Waals surface area contributed by atoms with Crippen LogP contribution in [0.5, 0.6) is 5.75 Å². The Morgan fingerprint density at radius 1 is 1.10 bits per heavy atom. The number of sulfone groups is 1. The van der Waals surface area contributed by atoms with Crippen LogP contribution in [0, 0.1) is 0 Å². The molecule has 4 aromatic rings. The molecule has 4 atom stereocenters. The third-order valence-corrected chi connectivity index (χ3v) is 10.4. The van der Waals surface area contributed by atoms with Gasteiger partial charge < -0.3 is 15.4 Å². The Morgan fingerprint density at radius 2 is 1.92 bits per heavy atom. The summed E-state index contributed by atoms with van der Waals surface area (Å²) in [6.07, 6.45) is 4.97. The van der Waals surface area contributed by atoms with Crippen molar-refractivity contribution in [3.05, 3.63) is 78.6 Å². The predicted molar refractivity (Wildman–Crippen MR) is 149 cm³/mol. The highest BCUT2D eigenvalue weighted by atomic mass is 32.2. The van der Waals surface area contributed by atoms with Gasteiger partial charge in [-0.05, 0) is 71.1 Å². The second kappa shape index (κ2) is 10.7. The maximum Gasteiger partial charge on any atom is 0.184 e. The average molecular weight is 547 g/mol. The number of ether oxygens (including phenoxy) is 1. The Hall–Kier alpha value is -3.34. The number of rotatable bonds is 11. The molecule has 3 heterocycles. The first-order valence-electron chi connectivity index (χ1n) is 13.6. The number of benzene rings is 3. The van der Waals surface area contributed by atoms with Crippen molar-refractivity contribution in [1.82, 2.24) is 30.8 Å². The molecule has 0 aliphatic carbocycles. The van der Waals surface area contributed by atoms with Crippen molar-refractivity contribution < 1.29 is 13.2 Å². The molecular weight excluding hydrogens is 512 g/mol. The minimum Gasteiger partial charge on any atom is -0.494 e. The van der Waals surface area contributed by atoms with E-state index in [1.54, 1.807) is 24.3 Å². The number of tetrazole rings is 1. The first kappa shape index (κ1) is 25.9. The van der Waals surface area contributed by atoms with Crippen LogP contribution in [0.2, 0.25) is 0 Å². The summed E-state index contributed by atoms with van der Waals surface area (Å²) in [7, 11) is -3.73. The maximum absolute atomic E-state index is 14.3. The van der Waals surface area contributed by atoms with E-state index < -0.39 is 20.6 Å². The molecule has 2 fully saturated rings. The molecule has 4 unspecified atom stereocenters. The molecule has 0 amide bonds. The van der Waals surface area contributed by atoms with Crippen LogP contribution in [0.4, 0.5) is 0 Å². The minimum atomic E-state index is -3.73. The van der Waals surface area contributed by atoms with Crippen LogP contribution in [0.3, 0.4) is 0 Å². The Morgan fingerprint density at radius 3 is 2.69 bits per heavy atom. The third-order valence-electron chi connectivity index (χ3n) is 8.10. The van der Waals surface area contributed by atoms with E-state index in [1.807, 2.05) is 12.1 Å². The maximum atomic E-state index is 14.3. The van der Waals surface area contributed by atoms with Crippen molar-refractivity contribution in [1.29, 1.82) is 0 Å². The Bertz CT molecular complexity index is 1530. The lowest BCUT2D eigenvalue weighted by Crippen LogP contribution is -2.58. The van der Waals surface area contributed by atoms with Gasteiger partial charge in [-0.1, -0.05) is 49.7 Å². The average Bonchev–Trinajstić information content (AvgIpc) is 3.68. The van der Waals surface area contributed by atoms with Gasteiger partial charge in [0.1, 0.15) is 11.0 Å². The van der Waals surface area contributed by atoms with E-state index in [1.165, 1.54) is 21.9 Å². The highest BCUT2D eigenvalue weighted by Crippen LogP contribution is 2.44. The summed E-state index contributed by atoms with van der Waals surface area (Å²) < 4.78 is 34.5. The molecule has 0 spiro atoms. The van der Waals surface area contributed by atoms with E-state index in [9.17, 15) is 8.42 Å². The molecule has 2 bridgehead atoms. The van der Waals surface area contributed by atoms with Gasteiger partial charge in [-0.25, -0.2) is 8.42 Å². The SMILES string of the molecule is CCCCOc1ccc(S(=O)(=O)C2C(NCc3ccc4ccccc4c3)C3CCC2(Cn2ncnn2)N3)cc1. The summed E-state index contributed by atoms with van der Waals surface area (Å²) in [5.41, 5.74) is 0.412. The van der Waals surface area contributed by atoms with Crippen LogP contribution in [-0.2, 0) is 22.9 Å². The first-order chi connectivity index (χ1) is 19.0. The van der Waals surface area contributed by atoms with Crippen LogP contribution < -0.4 is 15.4 Å². The molecular formula is C29H34N6O3S.